The second-order valence-electron chi connectivity index (χ2n) is 5.29. The topological polar surface area (TPSA) is 29.5 Å². The van der Waals surface area contributed by atoms with Crippen LogP contribution < -0.4 is 4.74 Å². The number of hydrogen-bond donors (Lipinski definition) is 1. The molecule has 0 aliphatic carbocycles. The Morgan fingerprint density at radius 1 is 0.810 bits per heavy atom. The van der Waals surface area contributed by atoms with Gasteiger partial charge in [-0.1, -0.05) is 38.1 Å². The Bertz CT molecular complexity index is 551. The quantitative estimate of drug-likeness (QED) is 0.817. The lowest BCUT2D eigenvalue weighted by atomic mass is 9.70. The van der Waals surface area contributed by atoms with Gasteiger partial charge in [-0.3, -0.25) is 0 Å². The van der Waals surface area contributed by atoms with Gasteiger partial charge in [0.05, 0.1) is 6.61 Å². The molecule has 1 N–H and O–H groups in total. The molecule has 2 aromatic carbocycles. The van der Waals surface area contributed by atoms with Crippen LogP contribution in [0.2, 0.25) is 0 Å². The lowest BCUT2D eigenvalue weighted by Gasteiger charge is -2.33. The number of aromatic hydroxyl groups is 1. The van der Waals surface area contributed by atoms with E-state index in [9.17, 15) is 5.11 Å². The fraction of sp³-hybridized carbons (Fsp3) is 0.368. The highest BCUT2D eigenvalue weighted by molar-refractivity contribution is 5.43. The normalized spacial score (nSPS) is 11.4. The Labute approximate surface area is 127 Å². The molecule has 2 heteroatoms. The molecule has 2 aromatic rings. The van der Waals surface area contributed by atoms with Gasteiger partial charge in [0.2, 0.25) is 0 Å². The van der Waals surface area contributed by atoms with Crippen molar-refractivity contribution in [1.82, 2.24) is 0 Å². The number of ether oxygens (including phenoxy) is 1. The molecule has 0 saturated carbocycles. The van der Waals surface area contributed by atoms with Gasteiger partial charge in [0.1, 0.15) is 11.5 Å². The van der Waals surface area contributed by atoms with Gasteiger partial charge >= 0.3 is 0 Å². The van der Waals surface area contributed by atoms with Gasteiger partial charge in [0.25, 0.3) is 0 Å². The summed E-state index contributed by atoms with van der Waals surface area (Å²) in [6.45, 7) is 7.11. The van der Waals surface area contributed by atoms with E-state index < -0.39 is 0 Å². The van der Waals surface area contributed by atoms with Crippen LogP contribution in [0.5, 0.6) is 11.5 Å². The summed E-state index contributed by atoms with van der Waals surface area (Å²) < 4.78 is 5.53. The Kier molecular flexibility index (Phi) is 4.89. The first-order valence-electron chi connectivity index (χ1n) is 7.69. The van der Waals surface area contributed by atoms with E-state index in [4.69, 9.17) is 4.74 Å². The lowest BCUT2D eigenvalue weighted by Crippen LogP contribution is -2.25. The van der Waals surface area contributed by atoms with Crippen LogP contribution in [0.3, 0.4) is 0 Å². The van der Waals surface area contributed by atoms with Gasteiger partial charge in [-0.05, 0) is 55.2 Å². The predicted octanol–water partition coefficient (Wildman–Crippen LogP) is 4.90. The minimum atomic E-state index is -0.0154. The highest BCUT2D eigenvalue weighted by Gasteiger charge is 2.30. The third kappa shape index (κ3) is 3.05. The Morgan fingerprint density at radius 3 is 1.71 bits per heavy atom. The second kappa shape index (κ2) is 6.66. The summed E-state index contributed by atoms with van der Waals surface area (Å²) in [6, 6.07) is 16.0. The summed E-state index contributed by atoms with van der Waals surface area (Å²) in [5.41, 5.74) is 2.52. The molecule has 0 amide bonds. The van der Waals surface area contributed by atoms with Crippen LogP contribution in [0.4, 0.5) is 0 Å². The summed E-state index contributed by atoms with van der Waals surface area (Å²) >= 11 is 0. The van der Waals surface area contributed by atoms with Crippen LogP contribution in [0.15, 0.2) is 48.5 Å². The summed E-state index contributed by atoms with van der Waals surface area (Å²) in [5, 5.41) is 9.52. The van der Waals surface area contributed by atoms with Crippen molar-refractivity contribution in [3.8, 4) is 11.5 Å². The maximum atomic E-state index is 9.52. The SMILES string of the molecule is CCOc1ccc(C(CC)(CC)c2ccc(O)cc2)cc1. The average Bonchev–Trinajstić information content (AvgIpc) is 2.52. The van der Waals surface area contributed by atoms with Crippen LogP contribution in [0.1, 0.15) is 44.7 Å². The highest BCUT2D eigenvalue weighted by Crippen LogP contribution is 2.39. The molecule has 2 nitrogen and oxygen atoms in total. The fourth-order valence-corrected chi connectivity index (χ4v) is 3.05. The van der Waals surface area contributed by atoms with Crippen LogP contribution in [-0.4, -0.2) is 11.7 Å². The molecule has 0 aliphatic rings. The van der Waals surface area contributed by atoms with Gasteiger partial charge in [0.15, 0.2) is 0 Å². The van der Waals surface area contributed by atoms with E-state index in [0.717, 1.165) is 18.6 Å². The van der Waals surface area contributed by atoms with E-state index in [1.54, 1.807) is 12.1 Å². The largest absolute Gasteiger partial charge is 0.508 e. The number of rotatable bonds is 6. The molecule has 0 aromatic heterocycles. The smallest absolute Gasteiger partial charge is 0.119 e. The van der Waals surface area contributed by atoms with Crippen LogP contribution >= 0.6 is 0 Å². The molecule has 0 aliphatic heterocycles. The van der Waals surface area contributed by atoms with Gasteiger partial charge in [-0.2, -0.15) is 0 Å². The first-order valence-corrected chi connectivity index (χ1v) is 7.69. The molecule has 0 heterocycles. The zero-order valence-electron chi connectivity index (χ0n) is 13.1. The lowest BCUT2D eigenvalue weighted by molar-refractivity contribution is 0.340. The van der Waals surface area contributed by atoms with Crippen LogP contribution in [0, 0.1) is 0 Å². The van der Waals surface area contributed by atoms with E-state index in [1.807, 2.05) is 31.2 Å². The van der Waals surface area contributed by atoms with Crippen molar-refractivity contribution in [1.29, 1.82) is 0 Å². The molecule has 0 fully saturated rings. The van der Waals surface area contributed by atoms with Crippen molar-refractivity contribution >= 4 is 0 Å². The van der Waals surface area contributed by atoms with Gasteiger partial charge in [0, 0.05) is 5.41 Å². The monoisotopic (exact) mass is 284 g/mol. The van der Waals surface area contributed by atoms with E-state index in [-0.39, 0.29) is 5.41 Å². The molecule has 0 bridgehead atoms. The van der Waals surface area contributed by atoms with Crippen molar-refractivity contribution in [3.63, 3.8) is 0 Å². The third-order valence-corrected chi connectivity index (χ3v) is 4.34. The summed E-state index contributed by atoms with van der Waals surface area (Å²) in [6.07, 6.45) is 2.03. The number of phenolic OH excluding ortho intramolecular Hbond substituents is 1. The molecule has 0 spiro atoms. The van der Waals surface area contributed by atoms with Crippen molar-refractivity contribution in [3.05, 3.63) is 59.7 Å². The van der Waals surface area contributed by atoms with Gasteiger partial charge in [-0.15, -0.1) is 0 Å². The molecular weight excluding hydrogens is 260 g/mol. The zero-order valence-corrected chi connectivity index (χ0v) is 13.1. The van der Waals surface area contributed by atoms with E-state index >= 15 is 0 Å². The Morgan fingerprint density at radius 2 is 1.29 bits per heavy atom. The molecule has 112 valence electrons. The van der Waals surface area contributed by atoms with E-state index in [1.165, 1.54) is 11.1 Å². The average molecular weight is 284 g/mol. The fourth-order valence-electron chi connectivity index (χ4n) is 3.05. The van der Waals surface area contributed by atoms with Crippen molar-refractivity contribution in [2.45, 2.75) is 39.0 Å². The predicted molar refractivity (Wildman–Crippen MR) is 87.1 cm³/mol. The maximum Gasteiger partial charge on any atom is 0.119 e. The highest BCUT2D eigenvalue weighted by atomic mass is 16.5. The number of phenols is 1. The van der Waals surface area contributed by atoms with Crippen LogP contribution in [0.25, 0.3) is 0 Å². The Balaban J connectivity index is 2.43. The van der Waals surface area contributed by atoms with E-state index in [0.29, 0.717) is 12.4 Å². The number of hydrogen-bond acceptors (Lipinski definition) is 2. The molecular formula is C19H24O2. The van der Waals surface area contributed by atoms with Gasteiger partial charge in [-0.25, -0.2) is 0 Å². The minimum Gasteiger partial charge on any atom is -0.508 e. The molecule has 21 heavy (non-hydrogen) atoms. The zero-order chi connectivity index (χ0) is 15.3. The van der Waals surface area contributed by atoms with Crippen molar-refractivity contribution in [2.75, 3.05) is 6.61 Å². The van der Waals surface area contributed by atoms with Gasteiger partial charge < -0.3 is 9.84 Å². The third-order valence-electron chi connectivity index (χ3n) is 4.34. The minimum absolute atomic E-state index is 0.0154. The van der Waals surface area contributed by atoms with Crippen LogP contribution in [-0.2, 0) is 5.41 Å². The first kappa shape index (κ1) is 15.4. The molecule has 0 saturated heterocycles. The first-order chi connectivity index (χ1) is 10.2. The Hall–Kier alpha value is -1.96. The molecule has 0 unspecified atom stereocenters. The number of benzene rings is 2. The van der Waals surface area contributed by atoms with Crippen molar-refractivity contribution in [2.24, 2.45) is 0 Å². The van der Waals surface area contributed by atoms with Crippen molar-refractivity contribution < 1.29 is 9.84 Å². The summed E-state index contributed by atoms with van der Waals surface area (Å²) in [7, 11) is 0. The summed E-state index contributed by atoms with van der Waals surface area (Å²) in [5.74, 6) is 1.22. The second-order valence-corrected chi connectivity index (χ2v) is 5.29. The maximum absolute atomic E-state index is 9.52. The molecule has 2 rings (SSSR count). The molecule has 0 radical (unpaired) electrons. The standard InChI is InChI=1S/C19H24O2/c1-4-19(5-2,15-7-11-17(20)12-8-15)16-9-13-18(14-10-16)21-6-3/h7-14,20H,4-6H2,1-3H3. The molecule has 0 atom stereocenters. The summed E-state index contributed by atoms with van der Waals surface area (Å²) in [4.78, 5) is 0. The van der Waals surface area contributed by atoms with E-state index in [2.05, 4.69) is 26.0 Å².